The van der Waals surface area contributed by atoms with Gasteiger partial charge in [-0.2, -0.15) is 0 Å². The van der Waals surface area contributed by atoms with E-state index in [1.54, 1.807) is 0 Å². The summed E-state index contributed by atoms with van der Waals surface area (Å²) < 4.78 is 0. The lowest BCUT2D eigenvalue weighted by molar-refractivity contribution is -0.129. The van der Waals surface area contributed by atoms with E-state index < -0.39 is 0 Å². The van der Waals surface area contributed by atoms with Gasteiger partial charge in [0.05, 0.1) is 5.69 Å². The Morgan fingerprint density at radius 1 is 1.16 bits per heavy atom. The number of imide groups is 1. The van der Waals surface area contributed by atoms with Crippen molar-refractivity contribution in [2.75, 3.05) is 11.4 Å². The number of nitrogens with zero attached hydrogens (tertiary/aromatic N) is 1. The fraction of sp³-hybridized carbons (Fsp3) is 0.467. The van der Waals surface area contributed by atoms with Crippen LogP contribution in [0.1, 0.15) is 44.7 Å². The van der Waals surface area contributed by atoms with Crippen molar-refractivity contribution in [3.8, 4) is 0 Å². The Morgan fingerprint density at radius 3 is 2.26 bits per heavy atom. The van der Waals surface area contributed by atoms with Crippen molar-refractivity contribution in [3.05, 3.63) is 29.8 Å². The molecule has 102 valence electrons. The molecule has 1 atom stereocenters. The highest BCUT2D eigenvalue weighted by atomic mass is 16.2. The molecule has 1 N–H and O–H groups in total. The molecule has 2 rings (SSSR count). The van der Waals surface area contributed by atoms with E-state index in [4.69, 9.17) is 0 Å². The first kappa shape index (κ1) is 13.7. The van der Waals surface area contributed by atoms with E-state index >= 15 is 0 Å². The number of piperidine rings is 1. The predicted molar refractivity (Wildman–Crippen MR) is 74.9 cm³/mol. The maximum atomic E-state index is 11.8. The first-order chi connectivity index (χ1) is 9.13. The lowest BCUT2D eigenvalue weighted by atomic mass is 10.1. The number of amides is 2. The second kappa shape index (κ2) is 5.97. The standard InChI is InChI=1S/C15H20N2O2/c1-3-16-11(2)12-7-9-13(10-8-12)17-14(18)5-4-6-15(17)19/h7-11,16H,3-6H2,1-2H3. The maximum absolute atomic E-state index is 11.8. The van der Waals surface area contributed by atoms with Crippen molar-refractivity contribution in [1.82, 2.24) is 5.32 Å². The van der Waals surface area contributed by atoms with Gasteiger partial charge in [-0.25, -0.2) is 0 Å². The summed E-state index contributed by atoms with van der Waals surface area (Å²) in [4.78, 5) is 24.9. The van der Waals surface area contributed by atoms with Crippen LogP contribution < -0.4 is 10.2 Å². The van der Waals surface area contributed by atoms with Gasteiger partial charge >= 0.3 is 0 Å². The molecule has 1 aromatic carbocycles. The Morgan fingerprint density at radius 2 is 1.74 bits per heavy atom. The van der Waals surface area contributed by atoms with Gasteiger partial charge in [0.25, 0.3) is 0 Å². The third-order valence-electron chi connectivity index (χ3n) is 3.44. The summed E-state index contributed by atoms with van der Waals surface area (Å²) in [5, 5.41) is 3.33. The van der Waals surface area contributed by atoms with E-state index in [1.165, 1.54) is 4.90 Å². The molecule has 0 radical (unpaired) electrons. The molecule has 1 aromatic rings. The smallest absolute Gasteiger partial charge is 0.233 e. The number of rotatable bonds is 4. The van der Waals surface area contributed by atoms with Crippen molar-refractivity contribution in [3.63, 3.8) is 0 Å². The Labute approximate surface area is 113 Å². The Kier molecular flexibility index (Phi) is 4.32. The topological polar surface area (TPSA) is 49.4 Å². The number of carbonyl (C=O) groups excluding carboxylic acids is 2. The molecule has 0 spiro atoms. The Balaban J connectivity index is 2.17. The van der Waals surface area contributed by atoms with Crippen LogP contribution in [0.15, 0.2) is 24.3 Å². The number of hydrogen-bond donors (Lipinski definition) is 1. The summed E-state index contributed by atoms with van der Waals surface area (Å²) >= 11 is 0. The van der Waals surface area contributed by atoms with Gasteiger partial charge in [0.2, 0.25) is 11.8 Å². The van der Waals surface area contributed by atoms with Gasteiger partial charge in [-0.15, -0.1) is 0 Å². The molecule has 1 fully saturated rings. The number of anilines is 1. The van der Waals surface area contributed by atoms with E-state index in [2.05, 4.69) is 19.2 Å². The number of benzene rings is 1. The van der Waals surface area contributed by atoms with Crippen LogP contribution in [0.2, 0.25) is 0 Å². The summed E-state index contributed by atoms with van der Waals surface area (Å²) in [6.45, 7) is 5.07. The van der Waals surface area contributed by atoms with E-state index in [0.717, 1.165) is 12.1 Å². The average molecular weight is 260 g/mol. The number of carbonyl (C=O) groups is 2. The van der Waals surface area contributed by atoms with Crippen LogP contribution in [0.4, 0.5) is 5.69 Å². The third-order valence-corrected chi connectivity index (χ3v) is 3.44. The summed E-state index contributed by atoms with van der Waals surface area (Å²) in [5.74, 6) is -0.188. The molecule has 4 nitrogen and oxygen atoms in total. The number of nitrogens with one attached hydrogen (secondary N) is 1. The lowest BCUT2D eigenvalue weighted by Gasteiger charge is -2.25. The molecular weight excluding hydrogens is 240 g/mol. The fourth-order valence-corrected chi connectivity index (χ4v) is 2.38. The fourth-order valence-electron chi connectivity index (χ4n) is 2.38. The van der Waals surface area contributed by atoms with Crippen LogP contribution in [0.25, 0.3) is 0 Å². The molecule has 1 saturated heterocycles. The van der Waals surface area contributed by atoms with Crippen molar-refractivity contribution in [2.24, 2.45) is 0 Å². The minimum Gasteiger partial charge on any atom is -0.310 e. The molecule has 1 aliphatic rings. The molecule has 0 saturated carbocycles. The van der Waals surface area contributed by atoms with Crippen LogP contribution in [-0.4, -0.2) is 18.4 Å². The van der Waals surface area contributed by atoms with Crippen LogP contribution in [0.5, 0.6) is 0 Å². The van der Waals surface area contributed by atoms with Crippen molar-refractivity contribution < 1.29 is 9.59 Å². The second-order valence-electron chi connectivity index (χ2n) is 4.85. The van der Waals surface area contributed by atoms with Gasteiger partial charge in [0, 0.05) is 18.9 Å². The average Bonchev–Trinajstić information content (AvgIpc) is 2.39. The van der Waals surface area contributed by atoms with E-state index in [0.29, 0.717) is 24.9 Å². The van der Waals surface area contributed by atoms with E-state index in [-0.39, 0.29) is 17.9 Å². The Hall–Kier alpha value is -1.68. The summed E-state index contributed by atoms with van der Waals surface area (Å²) in [5.41, 5.74) is 1.84. The maximum Gasteiger partial charge on any atom is 0.233 e. The SMILES string of the molecule is CCNC(C)c1ccc(N2C(=O)CCCC2=O)cc1. The zero-order valence-electron chi connectivity index (χ0n) is 11.5. The van der Waals surface area contributed by atoms with Crippen LogP contribution >= 0.6 is 0 Å². The van der Waals surface area contributed by atoms with Crippen molar-refractivity contribution in [2.45, 2.75) is 39.2 Å². The van der Waals surface area contributed by atoms with Gasteiger partial charge < -0.3 is 5.32 Å². The molecular formula is C15H20N2O2. The summed E-state index contributed by atoms with van der Waals surface area (Å²) in [7, 11) is 0. The molecule has 0 aromatic heterocycles. The quantitative estimate of drug-likeness (QED) is 0.846. The minimum atomic E-state index is -0.0938. The van der Waals surface area contributed by atoms with Crippen LogP contribution in [0, 0.1) is 0 Å². The molecule has 1 heterocycles. The third kappa shape index (κ3) is 3.01. The monoisotopic (exact) mass is 260 g/mol. The van der Waals surface area contributed by atoms with Crippen LogP contribution in [0.3, 0.4) is 0 Å². The van der Waals surface area contributed by atoms with E-state index in [1.807, 2.05) is 24.3 Å². The number of hydrogen-bond acceptors (Lipinski definition) is 3. The van der Waals surface area contributed by atoms with Gasteiger partial charge in [-0.1, -0.05) is 19.1 Å². The molecule has 0 aliphatic carbocycles. The normalized spacial score (nSPS) is 17.7. The van der Waals surface area contributed by atoms with Crippen LogP contribution in [-0.2, 0) is 9.59 Å². The van der Waals surface area contributed by atoms with Crippen molar-refractivity contribution in [1.29, 1.82) is 0 Å². The predicted octanol–water partition coefficient (Wildman–Crippen LogP) is 2.40. The summed E-state index contributed by atoms with van der Waals surface area (Å²) in [6, 6.07) is 7.91. The highest BCUT2D eigenvalue weighted by Crippen LogP contribution is 2.23. The van der Waals surface area contributed by atoms with Gasteiger partial charge in [0.1, 0.15) is 0 Å². The minimum absolute atomic E-state index is 0.0938. The highest BCUT2D eigenvalue weighted by Gasteiger charge is 2.27. The molecule has 2 amide bonds. The van der Waals surface area contributed by atoms with Crippen molar-refractivity contribution >= 4 is 17.5 Å². The molecule has 1 unspecified atom stereocenters. The highest BCUT2D eigenvalue weighted by molar-refractivity contribution is 6.16. The molecule has 0 bridgehead atoms. The van der Waals surface area contributed by atoms with Gasteiger partial charge in [-0.3, -0.25) is 14.5 Å². The second-order valence-corrected chi connectivity index (χ2v) is 4.85. The zero-order chi connectivity index (χ0) is 13.8. The zero-order valence-corrected chi connectivity index (χ0v) is 11.5. The van der Waals surface area contributed by atoms with Gasteiger partial charge in [0.15, 0.2) is 0 Å². The van der Waals surface area contributed by atoms with E-state index in [9.17, 15) is 9.59 Å². The largest absolute Gasteiger partial charge is 0.310 e. The first-order valence-corrected chi connectivity index (χ1v) is 6.82. The first-order valence-electron chi connectivity index (χ1n) is 6.82. The molecule has 4 heteroatoms. The summed E-state index contributed by atoms with van der Waals surface area (Å²) in [6.07, 6.45) is 1.59. The molecule has 19 heavy (non-hydrogen) atoms. The Bertz CT molecular complexity index is 452. The lowest BCUT2D eigenvalue weighted by Crippen LogP contribution is -2.40. The van der Waals surface area contributed by atoms with Gasteiger partial charge in [-0.05, 0) is 37.6 Å². The molecule has 1 aliphatic heterocycles.